The van der Waals surface area contributed by atoms with E-state index < -0.39 is 5.60 Å². The van der Waals surface area contributed by atoms with Crippen LogP contribution in [0.15, 0.2) is 30.3 Å². The van der Waals surface area contributed by atoms with E-state index in [1.165, 1.54) is 0 Å². The van der Waals surface area contributed by atoms with Crippen molar-refractivity contribution in [3.63, 3.8) is 0 Å². The fourth-order valence-electron chi connectivity index (χ4n) is 2.88. The summed E-state index contributed by atoms with van der Waals surface area (Å²) in [6.07, 6.45) is 0. The first-order chi connectivity index (χ1) is 12.7. The van der Waals surface area contributed by atoms with Gasteiger partial charge < -0.3 is 10.1 Å². The van der Waals surface area contributed by atoms with Crippen LogP contribution in [-0.4, -0.2) is 26.7 Å². The number of hydrogen-bond acceptors (Lipinski definition) is 4. The van der Waals surface area contributed by atoms with Gasteiger partial charge >= 0.3 is 0 Å². The molecule has 1 amide bonds. The van der Waals surface area contributed by atoms with E-state index in [0.717, 1.165) is 28.0 Å². The molecule has 0 unspecified atom stereocenters. The Morgan fingerprint density at radius 2 is 1.93 bits per heavy atom. The summed E-state index contributed by atoms with van der Waals surface area (Å²) in [5.41, 5.74) is 2.62. The summed E-state index contributed by atoms with van der Waals surface area (Å²) < 4.78 is 6.15. The van der Waals surface area contributed by atoms with Crippen LogP contribution in [0.25, 0.3) is 11.0 Å². The van der Waals surface area contributed by atoms with E-state index in [0.29, 0.717) is 17.4 Å². The smallest absolute Gasteiger partial charge is 0.269 e. The number of carbonyl (C=O) groups excluding carboxylic acids is 1. The van der Waals surface area contributed by atoms with Crippen LogP contribution < -0.4 is 10.1 Å². The second-order valence-corrected chi connectivity index (χ2v) is 7.68. The number of nitrogens with one attached hydrogen (secondary N) is 2. The third-order valence-corrected chi connectivity index (χ3v) is 4.50. The molecule has 0 spiro atoms. The number of benzene rings is 1. The van der Waals surface area contributed by atoms with Crippen LogP contribution in [0.1, 0.15) is 50.4 Å². The first kappa shape index (κ1) is 18.9. The maximum Gasteiger partial charge on any atom is 0.269 e. The van der Waals surface area contributed by atoms with Crippen molar-refractivity contribution in [3.05, 3.63) is 47.2 Å². The fourth-order valence-corrected chi connectivity index (χ4v) is 2.88. The standard InChI is InChI=1S/C21H26N4O2/c1-12(2)15-9-7-13(3)11-17(15)27-21(5,6)20(26)23-19-16-10-8-14(4)22-18(16)24-25-19/h7-12H,1-6H3,(H2,22,23,24,25,26). The summed E-state index contributed by atoms with van der Waals surface area (Å²) in [6, 6.07) is 9.86. The minimum Gasteiger partial charge on any atom is -0.478 e. The van der Waals surface area contributed by atoms with Crippen LogP contribution in [-0.2, 0) is 4.79 Å². The number of H-pyrrole nitrogens is 1. The van der Waals surface area contributed by atoms with Crippen molar-refractivity contribution in [2.45, 2.75) is 53.1 Å². The number of anilines is 1. The molecule has 0 saturated carbocycles. The monoisotopic (exact) mass is 366 g/mol. The summed E-state index contributed by atoms with van der Waals surface area (Å²) in [5.74, 6) is 1.21. The molecule has 0 bridgehead atoms. The molecule has 3 aromatic rings. The summed E-state index contributed by atoms with van der Waals surface area (Å²) in [4.78, 5) is 17.3. The number of nitrogens with zero attached hydrogens (tertiary/aromatic N) is 2. The molecule has 0 aliphatic heterocycles. The molecule has 6 heteroatoms. The lowest BCUT2D eigenvalue weighted by Gasteiger charge is -2.27. The van der Waals surface area contributed by atoms with Gasteiger partial charge in [-0.3, -0.25) is 9.89 Å². The van der Waals surface area contributed by atoms with Gasteiger partial charge in [-0.1, -0.05) is 26.0 Å². The molecule has 0 atom stereocenters. The number of rotatable bonds is 5. The van der Waals surface area contributed by atoms with Gasteiger partial charge in [-0.05, 0) is 62.9 Å². The van der Waals surface area contributed by atoms with Crippen molar-refractivity contribution in [2.75, 3.05) is 5.32 Å². The first-order valence-corrected chi connectivity index (χ1v) is 9.10. The average Bonchev–Trinajstić information content (AvgIpc) is 2.96. The van der Waals surface area contributed by atoms with E-state index in [9.17, 15) is 4.79 Å². The molecule has 3 rings (SSSR count). The largest absolute Gasteiger partial charge is 0.478 e. The Labute approximate surface area is 159 Å². The molecule has 0 aliphatic carbocycles. The summed E-state index contributed by atoms with van der Waals surface area (Å²) in [6.45, 7) is 11.6. The van der Waals surface area contributed by atoms with Crippen molar-refractivity contribution in [2.24, 2.45) is 0 Å². The molecular weight excluding hydrogens is 340 g/mol. The van der Waals surface area contributed by atoms with Crippen LogP contribution in [0.2, 0.25) is 0 Å². The van der Waals surface area contributed by atoms with Crippen LogP contribution in [0.4, 0.5) is 5.82 Å². The molecular formula is C21H26N4O2. The van der Waals surface area contributed by atoms with Gasteiger partial charge in [0, 0.05) is 5.69 Å². The van der Waals surface area contributed by atoms with Gasteiger partial charge in [0.15, 0.2) is 17.1 Å². The average molecular weight is 366 g/mol. The van der Waals surface area contributed by atoms with Gasteiger partial charge in [0.25, 0.3) is 5.91 Å². The van der Waals surface area contributed by atoms with Crippen LogP contribution in [0, 0.1) is 13.8 Å². The summed E-state index contributed by atoms with van der Waals surface area (Å²) in [7, 11) is 0. The number of aryl methyl sites for hydroxylation is 2. The number of pyridine rings is 1. The topological polar surface area (TPSA) is 79.9 Å². The molecule has 0 radical (unpaired) electrons. The van der Waals surface area contributed by atoms with Gasteiger partial charge in [0.1, 0.15) is 5.75 Å². The molecule has 2 N–H and O–H groups in total. The van der Waals surface area contributed by atoms with Crippen molar-refractivity contribution in [1.29, 1.82) is 0 Å². The molecule has 6 nitrogen and oxygen atoms in total. The minimum atomic E-state index is -1.07. The number of carbonyl (C=O) groups is 1. The van der Waals surface area contributed by atoms with E-state index in [2.05, 4.69) is 46.5 Å². The molecule has 2 heterocycles. The van der Waals surface area contributed by atoms with Gasteiger partial charge in [0.05, 0.1) is 5.39 Å². The molecule has 0 aliphatic rings. The Balaban J connectivity index is 1.84. The van der Waals surface area contributed by atoms with Crippen LogP contribution >= 0.6 is 0 Å². The second-order valence-electron chi connectivity index (χ2n) is 7.68. The zero-order valence-electron chi connectivity index (χ0n) is 16.7. The van der Waals surface area contributed by atoms with Crippen molar-refractivity contribution in [1.82, 2.24) is 15.2 Å². The number of fused-ring (bicyclic) bond motifs is 1. The van der Waals surface area contributed by atoms with Crippen LogP contribution in [0.5, 0.6) is 5.75 Å². The maximum atomic E-state index is 12.9. The number of aromatic nitrogens is 3. The van der Waals surface area contributed by atoms with Gasteiger partial charge in [-0.25, -0.2) is 4.98 Å². The van der Waals surface area contributed by atoms with E-state index in [-0.39, 0.29) is 5.91 Å². The zero-order chi connectivity index (χ0) is 19.8. The predicted octanol–water partition coefficient (Wildman–Crippen LogP) is 4.49. The molecule has 1 aromatic carbocycles. The maximum absolute atomic E-state index is 12.9. The minimum absolute atomic E-state index is 0.271. The van der Waals surface area contributed by atoms with E-state index in [1.807, 2.05) is 32.0 Å². The SMILES string of the molecule is Cc1ccc(C(C)C)c(OC(C)(C)C(=O)Nc2n[nH]c3nc(C)ccc23)c1. The molecule has 142 valence electrons. The lowest BCUT2D eigenvalue weighted by atomic mass is 10.00. The Morgan fingerprint density at radius 1 is 1.19 bits per heavy atom. The highest BCUT2D eigenvalue weighted by molar-refractivity contribution is 6.02. The quantitative estimate of drug-likeness (QED) is 0.697. The van der Waals surface area contributed by atoms with Gasteiger partial charge in [-0.15, -0.1) is 0 Å². The normalized spacial score (nSPS) is 11.8. The Bertz CT molecular complexity index is 989. The zero-order valence-corrected chi connectivity index (χ0v) is 16.7. The number of amides is 1. The lowest BCUT2D eigenvalue weighted by molar-refractivity contribution is -0.128. The molecule has 2 aromatic heterocycles. The van der Waals surface area contributed by atoms with E-state index >= 15 is 0 Å². The number of ether oxygens (including phenoxy) is 1. The van der Waals surface area contributed by atoms with Crippen molar-refractivity contribution < 1.29 is 9.53 Å². The summed E-state index contributed by atoms with van der Waals surface area (Å²) in [5, 5.41) is 10.7. The molecule has 0 saturated heterocycles. The highest BCUT2D eigenvalue weighted by atomic mass is 16.5. The van der Waals surface area contributed by atoms with Gasteiger partial charge in [-0.2, -0.15) is 5.10 Å². The van der Waals surface area contributed by atoms with Crippen LogP contribution in [0.3, 0.4) is 0 Å². The second kappa shape index (κ2) is 7.02. The fraction of sp³-hybridized carbons (Fsp3) is 0.381. The first-order valence-electron chi connectivity index (χ1n) is 9.10. The van der Waals surface area contributed by atoms with Gasteiger partial charge in [0.2, 0.25) is 0 Å². The van der Waals surface area contributed by atoms with E-state index in [4.69, 9.17) is 4.74 Å². The highest BCUT2D eigenvalue weighted by Gasteiger charge is 2.32. The predicted molar refractivity (Wildman–Crippen MR) is 107 cm³/mol. The third-order valence-electron chi connectivity index (χ3n) is 4.50. The Hall–Kier alpha value is -2.89. The lowest BCUT2D eigenvalue weighted by Crippen LogP contribution is -2.43. The number of hydrogen-bond donors (Lipinski definition) is 2. The van der Waals surface area contributed by atoms with Crippen molar-refractivity contribution >= 4 is 22.8 Å². The number of aromatic amines is 1. The highest BCUT2D eigenvalue weighted by Crippen LogP contribution is 2.31. The Morgan fingerprint density at radius 3 is 2.63 bits per heavy atom. The summed E-state index contributed by atoms with van der Waals surface area (Å²) >= 11 is 0. The molecule has 0 fully saturated rings. The Kier molecular flexibility index (Phi) is 4.91. The van der Waals surface area contributed by atoms with E-state index in [1.54, 1.807) is 13.8 Å². The third kappa shape index (κ3) is 3.94. The van der Waals surface area contributed by atoms with Crippen molar-refractivity contribution in [3.8, 4) is 5.75 Å². The molecule has 27 heavy (non-hydrogen) atoms.